The summed E-state index contributed by atoms with van der Waals surface area (Å²) in [4.78, 5) is 17.3. The zero-order chi connectivity index (χ0) is 16.1. The Morgan fingerprint density at radius 3 is 2.36 bits per heavy atom. The van der Waals surface area contributed by atoms with Gasteiger partial charge in [0.05, 0.1) is 0 Å². The Morgan fingerprint density at radius 1 is 1.00 bits per heavy atom. The molecule has 6 heteroatoms. The molecule has 0 spiro atoms. The van der Waals surface area contributed by atoms with Crippen molar-refractivity contribution in [2.45, 2.75) is 50.6 Å². The zero-order valence-corrected chi connectivity index (χ0v) is 16.4. The lowest BCUT2D eigenvalue weighted by molar-refractivity contribution is -0.131. The summed E-state index contributed by atoms with van der Waals surface area (Å²) >= 11 is 0. The molecule has 4 nitrogen and oxygen atoms in total. The number of carbonyl (C=O) groups is 1. The molecule has 0 aliphatic carbocycles. The Morgan fingerprint density at radius 2 is 1.68 bits per heavy atom. The zero-order valence-electron chi connectivity index (χ0n) is 14.8. The van der Waals surface area contributed by atoms with Crippen molar-refractivity contribution in [3.8, 4) is 0 Å². The lowest BCUT2D eigenvalue weighted by Crippen LogP contribution is -2.36. The number of hydrogen-bond acceptors (Lipinski definition) is 3. The number of hydrogen-bond donors (Lipinski definition) is 1. The Hall–Kier alpha value is -0.810. The normalized spacial score (nSPS) is 22.4. The van der Waals surface area contributed by atoms with Gasteiger partial charge in [0.1, 0.15) is 0 Å². The molecular formula is C19H31Cl2N3O. The van der Waals surface area contributed by atoms with Gasteiger partial charge in [-0.05, 0) is 50.8 Å². The van der Waals surface area contributed by atoms with E-state index in [1.54, 1.807) is 0 Å². The SMILES string of the molecule is Cl.Cl.NC(CC(=O)N1CCCC(N2CCCC2)CC1)c1ccccc1. The fourth-order valence-corrected chi connectivity index (χ4v) is 3.94. The quantitative estimate of drug-likeness (QED) is 0.860. The topological polar surface area (TPSA) is 49.6 Å². The number of nitrogens with zero attached hydrogens (tertiary/aromatic N) is 2. The summed E-state index contributed by atoms with van der Waals surface area (Å²) in [5, 5.41) is 0. The highest BCUT2D eigenvalue weighted by molar-refractivity contribution is 5.85. The lowest BCUT2D eigenvalue weighted by Gasteiger charge is -2.26. The van der Waals surface area contributed by atoms with Crippen molar-refractivity contribution in [3.63, 3.8) is 0 Å². The van der Waals surface area contributed by atoms with Gasteiger partial charge in [0, 0.05) is 31.6 Å². The smallest absolute Gasteiger partial charge is 0.224 e. The molecule has 2 N–H and O–H groups in total. The summed E-state index contributed by atoms with van der Waals surface area (Å²) in [6.07, 6.45) is 6.56. The summed E-state index contributed by atoms with van der Waals surface area (Å²) < 4.78 is 0. The van der Waals surface area contributed by atoms with Crippen LogP contribution in [-0.4, -0.2) is 47.9 Å². The molecule has 0 radical (unpaired) electrons. The Labute approximate surface area is 163 Å². The third-order valence-electron chi connectivity index (χ3n) is 5.33. The monoisotopic (exact) mass is 387 g/mol. The van der Waals surface area contributed by atoms with Crippen LogP contribution in [0.15, 0.2) is 30.3 Å². The summed E-state index contributed by atoms with van der Waals surface area (Å²) in [5.74, 6) is 0.212. The van der Waals surface area contributed by atoms with Gasteiger partial charge in [0.25, 0.3) is 0 Å². The van der Waals surface area contributed by atoms with E-state index in [4.69, 9.17) is 5.73 Å². The highest BCUT2D eigenvalue weighted by Crippen LogP contribution is 2.22. The number of nitrogens with two attached hydrogens (primary N) is 1. The highest BCUT2D eigenvalue weighted by atomic mass is 35.5. The molecule has 25 heavy (non-hydrogen) atoms. The van der Waals surface area contributed by atoms with Crippen molar-refractivity contribution in [2.75, 3.05) is 26.2 Å². The van der Waals surface area contributed by atoms with Crippen LogP contribution < -0.4 is 5.73 Å². The summed E-state index contributed by atoms with van der Waals surface area (Å²) in [6, 6.07) is 10.4. The second kappa shape index (κ2) is 11.0. The van der Waals surface area contributed by atoms with Gasteiger partial charge in [0.2, 0.25) is 5.91 Å². The number of rotatable bonds is 4. The first-order valence-corrected chi connectivity index (χ1v) is 9.06. The van der Waals surface area contributed by atoms with Crippen molar-refractivity contribution < 1.29 is 4.79 Å². The molecular weight excluding hydrogens is 357 g/mol. The maximum Gasteiger partial charge on any atom is 0.224 e. The second-order valence-corrected chi connectivity index (χ2v) is 6.93. The molecule has 2 aliphatic rings. The fraction of sp³-hybridized carbons (Fsp3) is 0.632. The molecule has 2 heterocycles. The van der Waals surface area contributed by atoms with Crippen LogP contribution in [0.4, 0.5) is 0 Å². The molecule has 2 aliphatic heterocycles. The first kappa shape index (κ1) is 22.2. The highest BCUT2D eigenvalue weighted by Gasteiger charge is 2.26. The van der Waals surface area contributed by atoms with Crippen LogP contribution in [0, 0.1) is 0 Å². The van der Waals surface area contributed by atoms with Crippen molar-refractivity contribution in [2.24, 2.45) is 5.73 Å². The van der Waals surface area contributed by atoms with Gasteiger partial charge < -0.3 is 15.5 Å². The Bertz CT molecular complexity index is 509. The second-order valence-electron chi connectivity index (χ2n) is 6.93. The average molecular weight is 388 g/mol. The minimum Gasteiger partial charge on any atom is -0.343 e. The molecule has 0 aromatic heterocycles. The number of halogens is 2. The predicted molar refractivity (Wildman–Crippen MR) is 108 cm³/mol. The van der Waals surface area contributed by atoms with E-state index in [1.165, 1.54) is 32.4 Å². The van der Waals surface area contributed by atoms with Crippen LogP contribution in [0.2, 0.25) is 0 Å². The van der Waals surface area contributed by atoms with Gasteiger partial charge in [-0.15, -0.1) is 24.8 Å². The first-order chi connectivity index (χ1) is 11.2. The molecule has 0 bridgehead atoms. The largest absolute Gasteiger partial charge is 0.343 e. The summed E-state index contributed by atoms with van der Waals surface area (Å²) in [7, 11) is 0. The maximum absolute atomic E-state index is 12.6. The molecule has 1 aromatic rings. The van der Waals surface area contributed by atoms with Gasteiger partial charge in [-0.2, -0.15) is 0 Å². The molecule has 1 amide bonds. The van der Waals surface area contributed by atoms with Crippen LogP contribution in [0.5, 0.6) is 0 Å². The molecule has 2 atom stereocenters. The third kappa shape index (κ3) is 6.14. The van der Waals surface area contributed by atoms with Crippen molar-refractivity contribution in [1.82, 2.24) is 9.80 Å². The van der Waals surface area contributed by atoms with Crippen LogP contribution in [0.25, 0.3) is 0 Å². The van der Waals surface area contributed by atoms with E-state index in [-0.39, 0.29) is 36.8 Å². The molecule has 2 fully saturated rings. The van der Waals surface area contributed by atoms with Crippen molar-refractivity contribution in [3.05, 3.63) is 35.9 Å². The molecule has 2 unspecified atom stereocenters. The Kier molecular flexibility index (Phi) is 9.80. The minimum absolute atomic E-state index is 0. The van der Waals surface area contributed by atoms with Crippen LogP contribution in [0.1, 0.15) is 50.1 Å². The van der Waals surface area contributed by atoms with E-state index in [2.05, 4.69) is 4.90 Å². The van der Waals surface area contributed by atoms with E-state index in [0.717, 1.165) is 31.5 Å². The lowest BCUT2D eigenvalue weighted by atomic mass is 10.0. The van der Waals surface area contributed by atoms with E-state index < -0.39 is 0 Å². The summed E-state index contributed by atoms with van der Waals surface area (Å²) in [6.45, 7) is 4.28. The van der Waals surface area contributed by atoms with Crippen LogP contribution in [-0.2, 0) is 4.79 Å². The molecule has 1 aromatic carbocycles. The third-order valence-corrected chi connectivity index (χ3v) is 5.33. The molecule has 0 saturated carbocycles. The average Bonchev–Trinajstić information content (AvgIpc) is 3.00. The van der Waals surface area contributed by atoms with Crippen LogP contribution >= 0.6 is 24.8 Å². The van der Waals surface area contributed by atoms with E-state index in [9.17, 15) is 4.79 Å². The fourth-order valence-electron chi connectivity index (χ4n) is 3.94. The summed E-state index contributed by atoms with van der Waals surface area (Å²) in [5.41, 5.74) is 7.26. The van der Waals surface area contributed by atoms with Gasteiger partial charge >= 0.3 is 0 Å². The van der Waals surface area contributed by atoms with Crippen molar-refractivity contribution in [1.29, 1.82) is 0 Å². The van der Waals surface area contributed by atoms with E-state index >= 15 is 0 Å². The van der Waals surface area contributed by atoms with Gasteiger partial charge in [0.15, 0.2) is 0 Å². The first-order valence-electron chi connectivity index (χ1n) is 9.06. The maximum atomic E-state index is 12.6. The molecule has 3 rings (SSSR count). The standard InChI is InChI=1S/C19H29N3O.2ClH/c20-18(16-7-2-1-3-8-16)15-19(23)22-13-6-9-17(10-14-22)21-11-4-5-12-21;;/h1-3,7-8,17-18H,4-6,9-15,20H2;2*1H. The number of benzene rings is 1. The van der Waals surface area contributed by atoms with Crippen molar-refractivity contribution >= 4 is 30.7 Å². The van der Waals surface area contributed by atoms with E-state index in [1.807, 2.05) is 35.2 Å². The number of carbonyl (C=O) groups excluding carboxylic acids is 1. The van der Waals surface area contributed by atoms with Crippen LogP contribution in [0.3, 0.4) is 0 Å². The molecule has 142 valence electrons. The minimum atomic E-state index is -0.193. The van der Waals surface area contributed by atoms with E-state index in [0.29, 0.717) is 12.5 Å². The number of likely N-dealkylation sites (tertiary alicyclic amines) is 2. The number of amides is 1. The van der Waals surface area contributed by atoms with Gasteiger partial charge in [-0.1, -0.05) is 30.3 Å². The van der Waals surface area contributed by atoms with Gasteiger partial charge in [-0.3, -0.25) is 4.79 Å². The molecule has 2 saturated heterocycles. The predicted octanol–water partition coefficient (Wildman–Crippen LogP) is 3.40. The Balaban J connectivity index is 0.00000156. The van der Waals surface area contributed by atoms with Gasteiger partial charge in [-0.25, -0.2) is 0 Å².